The minimum Gasteiger partial charge on any atom is -0.449 e. The molecule has 3 unspecified atom stereocenters. The van der Waals surface area contributed by atoms with Crippen LogP contribution in [0.5, 0.6) is 0 Å². The van der Waals surface area contributed by atoms with Gasteiger partial charge in [0.15, 0.2) is 6.10 Å². The summed E-state index contributed by atoms with van der Waals surface area (Å²) < 4.78 is 44.3. The normalized spacial score (nSPS) is 20.3. The topological polar surface area (TPSA) is 112 Å². The smallest absolute Gasteiger partial charge is 0.338 e. The first kappa shape index (κ1) is 23.1. The second-order valence-corrected chi connectivity index (χ2v) is 9.90. The zero-order valence-corrected chi connectivity index (χ0v) is 19.4. The van der Waals surface area contributed by atoms with Crippen molar-refractivity contribution in [3.8, 4) is 11.5 Å². The zero-order valence-electron chi connectivity index (χ0n) is 18.5. The first-order chi connectivity index (χ1) is 15.7. The van der Waals surface area contributed by atoms with Crippen molar-refractivity contribution in [1.82, 2.24) is 14.5 Å². The average Bonchev–Trinajstić information content (AvgIpc) is 3.30. The van der Waals surface area contributed by atoms with Gasteiger partial charge in [0.1, 0.15) is 0 Å². The molecule has 0 saturated carbocycles. The number of sulfonamides is 1. The maximum Gasteiger partial charge on any atom is 0.338 e. The Morgan fingerprint density at radius 1 is 1.06 bits per heavy atom. The molecule has 0 N–H and O–H groups in total. The van der Waals surface area contributed by atoms with Crippen LogP contribution in [0.25, 0.3) is 11.5 Å². The summed E-state index contributed by atoms with van der Waals surface area (Å²) in [5, 5.41) is 7.96. The molecule has 3 aromatic rings. The molecule has 33 heavy (non-hydrogen) atoms. The third-order valence-electron chi connectivity index (χ3n) is 5.19. The lowest BCUT2D eigenvalue weighted by Crippen LogP contribution is -2.48. The summed E-state index contributed by atoms with van der Waals surface area (Å²) in [6, 6.07) is 15.0. The van der Waals surface area contributed by atoms with Crippen molar-refractivity contribution in [3.63, 3.8) is 0 Å². The molecule has 0 bridgehead atoms. The summed E-state index contributed by atoms with van der Waals surface area (Å²) >= 11 is 0. The number of benzene rings is 2. The molecule has 0 radical (unpaired) electrons. The number of hydrogen-bond acceptors (Lipinski definition) is 8. The van der Waals surface area contributed by atoms with E-state index in [1.807, 2.05) is 44.2 Å². The molecule has 1 fully saturated rings. The van der Waals surface area contributed by atoms with Gasteiger partial charge in [-0.05, 0) is 51.1 Å². The molecule has 1 aromatic heterocycles. The third-order valence-corrected chi connectivity index (χ3v) is 7.01. The molecule has 0 amide bonds. The second-order valence-electron chi connectivity index (χ2n) is 7.97. The van der Waals surface area contributed by atoms with Crippen LogP contribution < -0.4 is 0 Å². The maximum atomic E-state index is 13.1. The molecule has 2 heterocycles. The predicted molar refractivity (Wildman–Crippen MR) is 119 cm³/mol. The van der Waals surface area contributed by atoms with Gasteiger partial charge < -0.3 is 13.9 Å². The van der Waals surface area contributed by atoms with Crippen LogP contribution in [0.4, 0.5) is 0 Å². The molecule has 10 heteroatoms. The van der Waals surface area contributed by atoms with Crippen LogP contribution >= 0.6 is 0 Å². The van der Waals surface area contributed by atoms with Gasteiger partial charge in [-0.25, -0.2) is 13.2 Å². The lowest BCUT2D eigenvalue weighted by Gasteiger charge is -2.34. The Kier molecular flexibility index (Phi) is 6.59. The van der Waals surface area contributed by atoms with Gasteiger partial charge in [-0.2, -0.15) is 4.31 Å². The van der Waals surface area contributed by atoms with Crippen LogP contribution in [0.3, 0.4) is 0 Å². The van der Waals surface area contributed by atoms with E-state index in [1.54, 1.807) is 6.92 Å². The van der Waals surface area contributed by atoms with Crippen LogP contribution in [-0.2, 0) is 19.5 Å². The van der Waals surface area contributed by atoms with Gasteiger partial charge in [0, 0.05) is 18.7 Å². The van der Waals surface area contributed by atoms with E-state index >= 15 is 0 Å². The SMILES string of the molecule is CC1CN(S(=O)(=O)c2cccc(C(=O)OC(C)c3nnc(-c4ccccc4)o3)c2)CC(C)O1. The Morgan fingerprint density at radius 3 is 2.45 bits per heavy atom. The average molecular weight is 472 g/mol. The first-order valence-corrected chi connectivity index (χ1v) is 12.0. The summed E-state index contributed by atoms with van der Waals surface area (Å²) in [5.74, 6) is -0.236. The fourth-order valence-electron chi connectivity index (χ4n) is 3.63. The first-order valence-electron chi connectivity index (χ1n) is 10.6. The fourth-order valence-corrected chi connectivity index (χ4v) is 5.27. The van der Waals surface area contributed by atoms with Gasteiger partial charge in [0.2, 0.25) is 15.9 Å². The standard InChI is InChI=1S/C23H25N3O6S/c1-15-13-26(14-16(2)30-15)33(28,29)20-11-7-10-19(12-20)23(27)31-17(3)21-24-25-22(32-21)18-8-5-4-6-9-18/h4-12,15-17H,13-14H2,1-3H3. The third kappa shape index (κ3) is 5.13. The van der Waals surface area contributed by atoms with Crippen molar-refractivity contribution < 1.29 is 27.1 Å². The van der Waals surface area contributed by atoms with Crippen molar-refractivity contribution in [3.05, 3.63) is 66.1 Å². The number of hydrogen-bond donors (Lipinski definition) is 0. The molecule has 2 aromatic carbocycles. The molecule has 1 saturated heterocycles. The Morgan fingerprint density at radius 2 is 1.76 bits per heavy atom. The largest absolute Gasteiger partial charge is 0.449 e. The Labute approximate surface area is 192 Å². The van der Waals surface area contributed by atoms with Crippen LogP contribution in [0.15, 0.2) is 63.9 Å². The van der Waals surface area contributed by atoms with Crippen LogP contribution in [0.2, 0.25) is 0 Å². The summed E-state index contributed by atoms with van der Waals surface area (Å²) in [5.41, 5.74) is 0.861. The lowest BCUT2D eigenvalue weighted by atomic mass is 10.2. The number of nitrogens with zero attached hydrogens (tertiary/aromatic N) is 3. The highest BCUT2D eigenvalue weighted by Gasteiger charge is 2.32. The van der Waals surface area contributed by atoms with Crippen molar-refractivity contribution in [2.45, 2.75) is 44.0 Å². The Hall–Kier alpha value is -3.08. The van der Waals surface area contributed by atoms with Crippen molar-refractivity contribution in [2.75, 3.05) is 13.1 Å². The zero-order chi connectivity index (χ0) is 23.6. The van der Waals surface area contributed by atoms with E-state index in [4.69, 9.17) is 13.9 Å². The molecule has 9 nitrogen and oxygen atoms in total. The van der Waals surface area contributed by atoms with E-state index in [0.717, 1.165) is 5.56 Å². The number of carbonyl (C=O) groups is 1. The van der Waals surface area contributed by atoms with Crippen LogP contribution in [0, 0.1) is 0 Å². The molecule has 3 atom stereocenters. The highest BCUT2D eigenvalue weighted by molar-refractivity contribution is 7.89. The van der Waals surface area contributed by atoms with Gasteiger partial charge in [-0.1, -0.05) is 24.3 Å². The number of rotatable bonds is 6. The molecule has 174 valence electrons. The van der Waals surface area contributed by atoms with Crippen LogP contribution in [0.1, 0.15) is 43.1 Å². The van der Waals surface area contributed by atoms with Gasteiger partial charge in [-0.15, -0.1) is 10.2 Å². The quantitative estimate of drug-likeness (QED) is 0.503. The van der Waals surface area contributed by atoms with E-state index in [2.05, 4.69) is 10.2 Å². The molecule has 1 aliphatic heterocycles. The molecule has 0 spiro atoms. The number of ether oxygens (including phenoxy) is 2. The van der Waals surface area contributed by atoms with Crippen molar-refractivity contribution >= 4 is 16.0 Å². The van der Waals surface area contributed by atoms with Gasteiger partial charge >= 0.3 is 5.97 Å². The molecular formula is C23H25N3O6S. The van der Waals surface area contributed by atoms with Gasteiger partial charge in [0.25, 0.3) is 5.89 Å². The Bertz CT molecular complexity index is 1220. The van der Waals surface area contributed by atoms with Crippen LogP contribution in [-0.4, -0.2) is 54.2 Å². The summed E-state index contributed by atoms with van der Waals surface area (Å²) in [7, 11) is -3.79. The number of aromatic nitrogens is 2. The second kappa shape index (κ2) is 9.42. The summed E-state index contributed by atoms with van der Waals surface area (Å²) in [6.07, 6.45) is -1.25. The number of morpholine rings is 1. The van der Waals surface area contributed by atoms with Crippen molar-refractivity contribution in [2.24, 2.45) is 0 Å². The van der Waals surface area contributed by atoms with Crippen molar-refractivity contribution in [1.29, 1.82) is 0 Å². The summed E-state index contributed by atoms with van der Waals surface area (Å²) in [4.78, 5) is 12.7. The monoisotopic (exact) mass is 471 g/mol. The van der Waals surface area contributed by atoms with Gasteiger partial charge in [0.05, 0.1) is 22.7 Å². The fraction of sp³-hybridized carbons (Fsp3) is 0.348. The molecular weight excluding hydrogens is 446 g/mol. The van der Waals surface area contributed by atoms with E-state index in [-0.39, 0.29) is 41.6 Å². The highest BCUT2D eigenvalue weighted by atomic mass is 32.2. The van der Waals surface area contributed by atoms with E-state index in [9.17, 15) is 13.2 Å². The molecule has 0 aliphatic carbocycles. The Balaban J connectivity index is 1.48. The predicted octanol–water partition coefficient (Wildman–Crippen LogP) is 3.45. The summed E-state index contributed by atoms with van der Waals surface area (Å²) in [6.45, 7) is 5.76. The van der Waals surface area contributed by atoms with E-state index in [1.165, 1.54) is 28.6 Å². The highest BCUT2D eigenvalue weighted by Crippen LogP contribution is 2.25. The number of carbonyl (C=O) groups excluding carboxylic acids is 1. The lowest BCUT2D eigenvalue weighted by molar-refractivity contribution is -0.0440. The van der Waals surface area contributed by atoms with Gasteiger partial charge in [-0.3, -0.25) is 0 Å². The van der Waals surface area contributed by atoms with E-state index in [0.29, 0.717) is 5.89 Å². The maximum absolute atomic E-state index is 13.1. The molecule has 4 rings (SSSR count). The minimum absolute atomic E-state index is 0.0232. The van der Waals surface area contributed by atoms with E-state index < -0.39 is 22.1 Å². The number of esters is 1. The molecule has 1 aliphatic rings. The minimum atomic E-state index is -3.79.